The molecule has 0 amide bonds. The summed E-state index contributed by atoms with van der Waals surface area (Å²) in [5.74, 6) is 3.29. The lowest BCUT2D eigenvalue weighted by molar-refractivity contribution is -0.181. The quantitative estimate of drug-likeness (QED) is 0.373. The van der Waals surface area contributed by atoms with Crippen molar-refractivity contribution >= 4 is 11.8 Å². The Kier molecular flexibility index (Phi) is 5.71. The monoisotopic (exact) mass is 470 g/mol. The number of hydrogen-bond donors (Lipinski definition) is 0. The second-order valence-corrected chi connectivity index (χ2v) is 14.5. The van der Waals surface area contributed by atoms with Crippen LogP contribution < -0.4 is 0 Å². The molecule has 0 radical (unpaired) electrons. The number of hydrogen-bond acceptors (Lipinski definition) is 3. The standard InChI is InChI=1S/C31H50O3/c1-8-22(33)10-9-20(2)23-13-15-29(7)25-12-11-24-27(4,5)26(34-21(3)32)14-16-30(24)19-31(25,30)18-17-28(23,29)6/h20,23-26H,8-19H2,1-7H3/t20-,23-,24+,25+,26+,28-,29+,30-,31+/m1/s1. The van der Waals surface area contributed by atoms with E-state index in [-0.39, 0.29) is 17.5 Å². The lowest BCUT2D eigenvalue weighted by atomic mass is 9.41. The van der Waals surface area contributed by atoms with Gasteiger partial charge in [-0.1, -0.05) is 41.5 Å². The summed E-state index contributed by atoms with van der Waals surface area (Å²) in [6.07, 6.45) is 14.6. The maximum atomic E-state index is 12.0. The maximum Gasteiger partial charge on any atom is 0.302 e. The van der Waals surface area contributed by atoms with Crippen molar-refractivity contribution in [3.05, 3.63) is 0 Å². The third-order valence-corrected chi connectivity index (χ3v) is 13.4. The number of fused-ring (bicyclic) bond motifs is 2. The van der Waals surface area contributed by atoms with Crippen LogP contribution >= 0.6 is 0 Å². The van der Waals surface area contributed by atoms with E-state index in [0.29, 0.717) is 45.7 Å². The molecule has 5 saturated carbocycles. The first-order valence-corrected chi connectivity index (χ1v) is 14.6. The Morgan fingerprint density at radius 3 is 2.24 bits per heavy atom. The van der Waals surface area contributed by atoms with Gasteiger partial charge in [-0.3, -0.25) is 9.59 Å². The predicted molar refractivity (Wildman–Crippen MR) is 136 cm³/mol. The smallest absolute Gasteiger partial charge is 0.302 e. The van der Waals surface area contributed by atoms with Crippen LogP contribution in [0.3, 0.4) is 0 Å². The van der Waals surface area contributed by atoms with Gasteiger partial charge in [-0.15, -0.1) is 0 Å². The highest BCUT2D eigenvalue weighted by atomic mass is 16.5. The van der Waals surface area contributed by atoms with Crippen molar-refractivity contribution in [1.82, 2.24) is 0 Å². The second kappa shape index (κ2) is 7.82. The van der Waals surface area contributed by atoms with E-state index in [1.54, 1.807) is 6.92 Å². The minimum atomic E-state index is -0.110. The first-order valence-electron chi connectivity index (χ1n) is 14.6. The first kappa shape index (κ1) is 24.8. The van der Waals surface area contributed by atoms with Crippen LogP contribution in [0.4, 0.5) is 0 Å². The van der Waals surface area contributed by atoms with Gasteiger partial charge in [0.05, 0.1) is 0 Å². The number of carbonyl (C=O) groups excluding carboxylic acids is 2. The normalized spacial score (nSPS) is 49.1. The molecule has 0 aromatic heterocycles. The lowest BCUT2D eigenvalue weighted by Crippen LogP contribution is -2.58. The summed E-state index contributed by atoms with van der Waals surface area (Å²) < 4.78 is 5.88. The Morgan fingerprint density at radius 1 is 0.882 bits per heavy atom. The number of rotatable bonds is 6. The van der Waals surface area contributed by atoms with Crippen molar-refractivity contribution in [2.45, 2.75) is 132 Å². The zero-order chi connectivity index (χ0) is 24.7. The van der Waals surface area contributed by atoms with Crippen molar-refractivity contribution in [1.29, 1.82) is 0 Å². The van der Waals surface area contributed by atoms with Crippen LogP contribution in [-0.4, -0.2) is 17.9 Å². The van der Waals surface area contributed by atoms with E-state index in [9.17, 15) is 9.59 Å². The summed E-state index contributed by atoms with van der Waals surface area (Å²) in [6, 6.07) is 0. The summed E-state index contributed by atoms with van der Waals surface area (Å²) in [7, 11) is 0. The number of ketones is 1. The molecule has 0 N–H and O–H groups in total. The van der Waals surface area contributed by atoms with Crippen molar-refractivity contribution in [3.63, 3.8) is 0 Å². The molecule has 5 aliphatic rings. The highest BCUT2D eigenvalue weighted by Gasteiger charge is 2.82. The molecular weight excluding hydrogens is 420 g/mol. The van der Waals surface area contributed by atoms with Crippen LogP contribution in [0, 0.1) is 50.7 Å². The summed E-state index contributed by atoms with van der Waals surface area (Å²) in [5.41, 5.74) is 1.97. The molecule has 5 fully saturated rings. The van der Waals surface area contributed by atoms with Gasteiger partial charge >= 0.3 is 5.97 Å². The van der Waals surface area contributed by atoms with Crippen molar-refractivity contribution in [2.75, 3.05) is 0 Å². The Hall–Kier alpha value is -0.860. The molecule has 0 unspecified atom stereocenters. The van der Waals surface area contributed by atoms with Crippen molar-refractivity contribution in [2.24, 2.45) is 50.7 Å². The SMILES string of the molecule is CCC(=O)CC[C@@H](C)[C@H]1CC[C@@]2(C)[C@@H]3CC[C@H]4C(C)(C)[C@@H](OC(C)=O)CC[C@@]45C[C@@]35CC[C@]12C. The molecule has 9 atom stereocenters. The van der Waals surface area contributed by atoms with Gasteiger partial charge in [0.15, 0.2) is 0 Å². The van der Waals surface area contributed by atoms with Gasteiger partial charge in [0.25, 0.3) is 0 Å². The number of Topliss-reactive ketones (excluding diaryl/α,β-unsaturated/α-hetero) is 1. The van der Waals surface area contributed by atoms with Crippen LogP contribution in [0.25, 0.3) is 0 Å². The molecule has 0 aromatic rings. The molecule has 192 valence electrons. The lowest BCUT2D eigenvalue weighted by Gasteiger charge is -2.63. The number of ether oxygens (including phenoxy) is 1. The molecule has 0 aliphatic heterocycles. The molecule has 3 nitrogen and oxygen atoms in total. The van der Waals surface area contributed by atoms with Gasteiger partial charge in [-0.2, -0.15) is 0 Å². The second-order valence-electron chi connectivity index (χ2n) is 14.5. The van der Waals surface area contributed by atoms with Crippen LogP contribution in [0.2, 0.25) is 0 Å². The molecule has 0 saturated heterocycles. The largest absolute Gasteiger partial charge is 0.462 e. The van der Waals surface area contributed by atoms with Crippen LogP contribution in [0.1, 0.15) is 126 Å². The molecule has 2 spiro atoms. The van der Waals surface area contributed by atoms with Crippen LogP contribution in [0.5, 0.6) is 0 Å². The van der Waals surface area contributed by atoms with E-state index in [2.05, 4.69) is 34.6 Å². The Morgan fingerprint density at radius 2 is 1.56 bits per heavy atom. The fourth-order valence-electron chi connectivity index (χ4n) is 11.5. The topological polar surface area (TPSA) is 43.4 Å². The fraction of sp³-hybridized carbons (Fsp3) is 0.935. The Balaban J connectivity index is 1.39. The molecular formula is C31H50O3. The minimum absolute atomic E-state index is 0.0819. The average molecular weight is 471 g/mol. The van der Waals surface area contributed by atoms with Crippen LogP contribution in [-0.2, 0) is 14.3 Å². The summed E-state index contributed by atoms with van der Waals surface area (Å²) in [5, 5.41) is 0. The van der Waals surface area contributed by atoms with E-state index in [4.69, 9.17) is 4.74 Å². The molecule has 0 aromatic carbocycles. The van der Waals surface area contributed by atoms with E-state index in [1.807, 2.05) is 6.92 Å². The van der Waals surface area contributed by atoms with Crippen molar-refractivity contribution in [3.8, 4) is 0 Å². The number of esters is 1. The molecule has 5 rings (SSSR count). The van der Waals surface area contributed by atoms with E-state index in [1.165, 1.54) is 51.4 Å². The van der Waals surface area contributed by atoms with E-state index >= 15 is 0 Å². The van der Waals surface area contributed by atoms with Crippen LogP contribution in [0.15, 0.2) is 0 Å². The molecule has 34 heavy (non-hydrogen) atoms. The molecule has 0 bridgehead atoms. The summed E-state index contributed by atoms with van der Waals surface area (Å²) in [6.45, 7) is 16.2. The van der Waals surface area contributed by atoms with E-state index < -0.39 is 0 Å². The third-order valence-electron chi connectivity index (χ3n) is 13.4. The predicted octanol–water partition coefficient (Wildman–Crippen LogP) is 7.75. The third kappa shape index (κ3) is 3.06. The zero-order valence-corrected chi connectivity index (χ0v) is 23.1. The average Bonchev–Trinajstić information content (AvgIpc) is 3.36. The number of carbonyl (C=O) groups is 2. The fourth-order valence-corrected chi connectivity index (χ4v) is 11.5. The first-order chi connectivity index (χ1) is 15.9. The summed E-state index contributed by atoms with van der Waals surface area (Å²) >= 11 is 0. The van der Waals surface area contributed by atoms with Gasteiger partial charge < -0.3 is 4.74 Å². The van der Waals surface area contributed by atoms with Gasteiger partial charge in [-0.25, -0.2) is 0 Å². The molecule has 3 heteroatoms. The Labute approximate surface area is 208 Å². The van der Waals surface area contributed by atoms with Gasteiger partial charge in [0.1, 0.15) is 11.9 Å². The maximum absolute atomic E-state index is 12.0. The van der Waals surface area contributed by atoms with Gasteiger partial charge in [0.2, 0.25) is 0 Å². The highest BCUT2D eigenvalue weighted by molar-refractivity contribution is 5.77. The van der Waals surface area contributed by atoms with Gasteiger partial charge in [-0.05, 0) is 110 Å². The zero-order valence-electron chi connectivity index (χ0n) is 23.1. The van der Waals surface area contributed by atoms with Crippen molar-refractivity contribution < 1.29 is 14.3 Å². The summed E-state index contributed by atoms with van der Waals surface area (Å²) in [4.78, 5) is 23.9. The minimum Gasteiger partial charge on any atom is -0.462 e. The molecule has 0 heterocycles. The molecule has 5 aliphatic carbocycles. The highest BCUT2D eigenvalue weighted by Crippen LogP contribution is 2.89. The van der Waals surface area contributed by atoms with Gasteiger partial charge in [0, 0.05) is 25.2 Å². The Bertz CT molecular complexity index is 861. The van der Waals surface area contributed by atoms with E-state index in [0.717, 1.165) is 31.1 Å².